The molecule has 0 N–H and O–H groups in total. The van der Waals surface area contributed by atoms with E-state index in [1.54, 1.807) is 0 Å². The maximum Gasteiger partial charge on any atom is 0.341 e. The van der Waals surface area contributed by atoms with E-state index in [0.717, 1.165) is 16.9 Å². The summed E-state index contributed by atoms with van der Waals surface area (Å²) in [4.78, 5) is 23.4. The number of esters is 2. The molecule has 2 rings (SSSR count). The molecule has 0 saturated heterocycles. The van der Waals surface area contributed by atoms with Gasteiger partial charge >= 0.3 is 11.9 Å². The van der Waals surface area contributed by atoms with Crippen LogP contribution in [0.5, 0.6) is 0 Å². The molecule has 1 aromatic carbocycles. The second-order valence-corrected chi connectivity index (χ2v) is 4.68. The molecule has 0 radical (unpaired) electrons. The minimum atomic E-state index is -2.92. The smallest absolute Gasteiger partial charge is 0.341 e. The minimum absolute atomic E-state index is 0.00794. The highest BCUT2D eigenvalue weighted by Gasteiger charge is 2.23. The van der Waals surface area contributed by atoms with Gasteiger partial charge in [-0.05, 0) is 18.2 Å². The van der Waals surface area contributed by atoms with Crippen LogP contribution in [0.25, 0.3) is 0 Å². The highest BCUT2D eigenvalue weighted by Crippen LogP contribution is 2.21. The first-order valence-electron chi connectivity index (χ1n) is 6.80. The number of hydrogen-bond acceptors (Lipinski definition) is 5. The number of hydrogen-bond donors (Lipinski definition) is 0. The second-order valence-electron chi connectivity index (χ2n) is 4.68. The van der Waals surface area contributed by atoms with Crippen LogP contribution in [0.4, 0.5) is 13.2 Å². The fourth-order valence-corrected chi connectivity index (χ4v) is 1.87. The maximum absolute atomic E-state index is 13.0. The Balaban J connectivity index is 1.84. The first kappa shape index (κ1) is 17.5. The third kappa shape index (κ3) is 4.34. The molecule has 0 fully saturated rings. The van der Waals surface area contributed by atoms with E-state index in [2.05, 4.69) is 5.10 Å². The molecule has 0 spiro atoms. The second kappa shape index (κ2) is 7.62. The fourth-order valence-electron chi connectivity index (χ4n) is 1.87. The number of halogens is 3. The zero-order valence-corrected chi connectivity index (χ0v) is 12.5. The van der Waals surface area contributed by atoms with Crippen molar-refractivity contribution in [2.24, 2.45) is 7.05 Å². The quantitative estimate of drug-likeness (QED) is 0.596. The predicted molar refractivity (Wildman–Crippen MR) is 75.1 cm³/mol. The van der Waals surface area contributed by atoms with Gasteiger partial charge in [0, 0.05) is 13.2 Å². The van der Waals surface area contributed by atoms with Gasteiger partial charge in [-0.2, -0.15) is 5.10 Å². The third-order valence-corrected chi connectivity index (χ3v) is 2.89. The lowest BCUT2D eigenvalue weighted by Gasteiger charge is -2.06. The highest BCUT2D eigenvalue weighted by atomic mass is 19.3. The molecule has 0 bridgehead atoms. The summed E-state index contributed by atoms with van der Waals surface area (Å²) in [6, 6.07) is 4.88. The number of alkyl halides is 2. The van der Waals surface area contributed by atoms with Crippen molar-refractivity contribution in [3.63, 3.8) is 0 Å². The largest absolute Gasteiger partial charge is 0.458 e. The number of aryl methyl sites for hydroxylation is 1. The lowest BCUT2D eigenvalue weighted by molar-refractivity contribution is 0.0261. The molecule has 0 saturated carbocycles. The summed E-state index contributed by atoms with van der Waals surface area (Å²) in [6.07, 6.45) is -1.80. The van der Waals surface area contributed by atoms with Crippen LogP contribution < -0.4 is 0 Å². The molecule has 0 aliphatic rings. The van der Waals surface area contributed by atoms with E-state index in [-0.39, 0.29) is 24.3 Å². The average Bonchev–Trinajstić information content (AvgIpc) is 2.93. The van der Waals surface area contributed by atoms with E-state index in [1.807, 2.05) is 0 Å². The molecule has 1 heterocycles. The van der Waals surface area contributed by atoms with Gasteiger partial charge in [0.1, 0.15) is 30.3 Å². The minimum Gasteiger partial charge on any atom is -0.458 e. The number of carbonyl (C=O) groups excluding carboxylic acids is 2. The van der Waals surface area contributed by atoms with Crippen molar-refractivity contribution < 1.29 is 32.2 Å². The van der Waals surface area contributed by atoms with Crippen molar-refractivity contribution in [2.75, 3.05) is 13.2 Å². The lowest BCUT2D eigenvalue weighted by Crippen LogP contribution is -2.15. The van der Waals surface area contributed by atoms with Gasteiger partial charge in [0.05, 0.1) is 5.56 Å². The Morgan fingerprint density at radius 3 is 2.50 bits per heavy atom. The first-order valence-corrected chi connectivity index (χ1v) is 6.80. The van der Waals surface area contributed by atoms with Crippen LogP contribution in [0, 0.1) is 5.82 Å². The van der Waals surface area contributed by atoms with E-state index in [1.165, 1.54) is 25.2 Å². The van der Waals surface area contributed by atoms with E-state index >= 15 is 0 Å². The summed E-state index contributed by atoms with van der Waals surface area (Å²) in [5.74, 6) is -2.38. The Bertz CT molecular complexity index is 746. The fraction of sp³-hybridized carbons (Fsp3) is 0.267. The monoisotopic (exact) mass is 342 g/mol. The Hall–Kier alpha value is -2.84. The molecule has 0 atom stereocenters. The zero-order valence-electron chi connectivity index (χ0n) is 12.5. The molecule has 0 aliphatic carbocycles. The average molecular weight is 342 g/mol. The maximum atomic E-state index is 13.0. The first-order chi connectivity index (χ1) is 11.4. The van der Waals surface area contributed by atoms with Crippen molar-refractivity contribution in [1.29, 1.82) is 0 Å². The van der Waals surface area contributed by atoms with Crippen LogP contribution in [0.1, 0.15) is 32.8 Å². The van der Waals surface area contributed by atoms with Crippen LogP contribution in [-0.2, 0) is 16.5 Å². The summed E-state index contributed by atoms with van der Waals surface area (Å²) in [6.45, 7) is -0.636. The van der Waals surface area contributed by atoms with Crippen molar-refractivity contribution >= 4 is 11.9 Å². The van der Waals surface area contributed by atoms with Crippen LogP contribution in [0.2, 0.25) is 0 Å². The van der Waals surface area contributed by atoms with Gasteiger partial charge in [-0.3, -0.25) is 4.68 Å². The Morgan fingerprint density at radius 2 is 1.88 bits per heavy atom. The van der Waals surface area contributed by atoms with Gasteiger partial charge in [0.15, 0.2) is 0 Å². The van der Waals surface area contributed by atoms with Gasteiger partial charge < -0.3 is 9.47 Å². The van der Waals surface area contributed by atoms with Crippen molar-refractivity contribution in [3.8, 4) is 0 Å². The summed E-state index contributed by atoms with van der Waals surface area (Å²) in [5, 5.41) is 3.48. The van der Waals surface area contributed by atoms with Gasteiger partial charge in [0.2, 0.25) is 0 Å². The Kier molecular flexibility index (Phi) is 5.56. The number of aromatic nitrogens is 2. The summed E-state index contributed by atoms with van der Waals surface area (Å²) < 4.78 is 49.1. The molecular formula is C15H13F3N2O4. The zero-order chi connectivity index (χ0) is 17.7. The van der Waals surface area contributed by atoms with Gasteiger partial charge in [0.25, 0.3) is 6.43 Å². The number of carbonyl (C=O) groups is 2. The van der Waals surface area contributed by atoms with Gasteiger partial charge in [-0.1, -0.05) is 6.07 Å². The lowest BCUT2D eigenvalue weighted by atomic mass is 10.2. The van der Waals surface area contributed by atoms with E-state index < -0.39 is 29.9 Å². The molecule has 0 aliphatic heterocycles. The van der Waals surface area contributed by atoms with E-state index in [4.69, 9.17) is 9.47 Å². The molecule has 0 unspecified atom stereocenters. The van der Waals surface area contributed by atoms with Crippen molar-refractivity contribution in [1.82, 2.24) is 9.78 Å². The molecule has 6 nitrogen and oxygen atoms in total. The van der Waals surface area contributed by atoms with Crippen LogP contribution in [0.3, 0.4) is 0 Å². The predicted octanol–water partition coefficient (Wildman–Crippen LogP) is 2.51. The highest BCUT2D eigenvalue weighted by molar-refractivity contribution is 5.90. The van der Waals surface area contributed by atoms with Crippen molar-refractivity contribution in [3.05, 3.63) is 53.1 Å². The molecule has 9 heteroatoms. The summed E-state index contributed by atoms with van der Waals surface area (Å²) in [7, 11) is 1.39. The standard InChI is InChI=1S/C15H13F3N2O4/c1-20-8-11(12(19-20)13(17)18)15(22)24-6-5-23-14(21)9-3-2-4-10(16)7-9/h2-4,7-8,13H,5-6H2,1H3. The SMILES string of the molecule is Cn1cc(C(=O)OCCOC(=O)c2cccc(F)c2)c(C(F)F)n1. The third-order valence-electron chi connectivity index (χ3n) is 2.89. The molecule has 24 heavy (non-hydrogen) atoms. The number of ether oxygens (including phenoxy) is 2. The summed E-state index contributed by atoms with van der Waals surface area (Å²) >= 11 is 0. The molecule has 0 amide bonds. The normalized spacial score (nSPS) is 10.7. The topological polar surface area (TPSA) is 70.4 Å². The number of rotatable bonds is 6. The molecule has 1 aromatic heterocycles. The van der Waals surface area contributed by atoms with Crippen LogP contribution in [0.15, 0.2) is 30.5 Å². The molecule has 2 aromatic rings. The molecule has 128 valence electrons. The van der Waals surface area contributed by atoms with Gasteiger partial charge in [-0.15, -0.1) is 0 Å². The molecular weight excluding hydrogens is 329 g/mol. The van der Waals surface area contributed by atoms with Crippen molar-refractivity contribution in [2.45, 2.75) is 6.43 Å². The Labute approximate surface area is 134 Å². The summed E-state index contributed by atoms with van der Waals surface area (Å²) in [5.41, 5.74) is -1.03. The van der Waals surface area contributed by atoms with Crippen LogP contribution >= 0.6 is 0 Å². The Morgan fingerprint density at radius 1 is 1.21 bits per heavy atom. The van der Waals surface area contributed by atoms with Crippen LogP contribution in [-0.4, -0.2) is 34.9 Å². The van der Waals surface area contributed by atoms with E-state index in [0.29, 0.717) is 0 Å². The number of benzene rings is 1. The van der Waals surface area contributed by atoms with Gasteiger partial charge in [-0.25, -0.2) is 22.8 Å². The number of nitrogens with zero attached hydrogens (tertiary/aromatic N) is 2. The van der Waals surface area contributed by atoms with E-state index in [9.17, 15) is 22.8 Å².